The number of imidazole rings is 1. The van der Waals surface area contributed by atoms with Crippen LogP contribution in [-0.2, 0) is 4.79 Å². The normalized spacial score (nSPS) is 27.6. The highest BCUT2D eigenvalue weighted by molar-refractivity contribution is 5.83. The second-order valence-corrected chi connectivity index (χ2v) is 6.45. The third-order valence-electron chi connectivity index (χ3n) is 4.99. The smallest absolute Gasteiger partial charge is 0.226 e. The summed E-state index contributed by atoms with van der Waals surface area (Å²) in [5.41, 5.74) is 1.31. The van der Waals surface area contributed by atoms with Gasteiger partial charge in [-0.1, -0.05) is 30.3 Å². The van der Waals surface area contributed by atoms with E-state index >= 15 is 0 Å². The van der Waals surface area contributed by atoms with Crippen LogP contribution in [0.1, 0.15) is 36.8 Å². The minimum absolute atomic E-state index is 0.198. The topological polar surface area (TPSA) is 38.1 Å². The predicted molar refractivity (Wildman–Crippen MR) is 84.4 cm³/mol. The molecule has 1 aromatic heterocycles. The van der Waals surface area contributed by atoms with Gasteiger partial charge >= 0.3 is 0 Å². The molecule has 2 aliphatic rings. The summed E-state index contributed by atoms with van der Waals surface area (Å²) in [7, 11) is 0. The molecule has 2 aromatic rings. The second-order valence-electron chi connectivity index (χ2n) is 6.45. The summed E-state index contributed by atoms with van der Waals surface area (Å²) in [5, 5.41) is 0. The van der Waals surface area contributed by atoms with Gasteiger partial charge in [0.1, 0.15) is 0 Å². The van der Waals surface area contributed by atoms with Crippen molar-refractivity contribution in [1.29, 1.82) is 0 Å². The van der Waals surface area contributed by atoms with E-state index in [1.165, 1.54) is 5.56 Å². The van der Waals surface area contributed by atoms with E-state index in [1.807, 2.05) is 24.8 Å². The Morgan fingerprint density at radius 2 is 2.09 bits per heavy atom. The van der Waals surface area contributed by atoms with Crippen molar-refractivity contribution in [2.24, 2.45) is 5.92 Å². The fourth-order valence-electron chi connectivity index (χ4n) is 3.65. The van der Waals surface area contributed by atoms with Gasteiger partial charge in [0.05, 0.1) is 12.4 Å². The first kappa shape index (κ1) is 13.6. The van der Waals surface area contributed by atoms with E-state index in [1.54, 1.807) is 0 Å². The van der Waals surface area contributed by atoms with Gasteiger partial charge in [-0.05, 0) is 30.7 Å². The van der Waals surface area contributed by atoms with Crippen LogP contribution >= 0.6 is 0 Å². The Labute approximate surface area is 130 Å². The predicted octanol–water partition coefficient (Wildman–Crippen LogP) is 2.85. The Hall–Kier alpha value is -2.10. The first-order valence-electron chi connectivity index (χ1n) is 8.14. The lowest BCUT2D eigenvalue weighted by molar-refractivity contribution is -0.134. The van der Waals surface area contributed by atoms with E-state index < -0.39 is 0 Å². The molecule has 1 aliphatic heterocycles. The number of likely N-dealkylation sites (tertiary alicyclic amines) is 1. The average molecular weight is 295 g/mol. The average Bonchev–Trinajstić information content (AvgIpc) is 3.19. The van der Waals surface area contributed by atoms with E-state index in [2.05, 4.69) is 38.7 Å². The van der Waals surface area contributed by atoms with Crippen LogP contribution in [0.5, 0.6) is 0 Å². The minimum Gasteiger partial charge on any atom is -0.340 e. The van der Waals surface area contributed by atoms with Crippen LogP contribution in [0.25, 0.3) is 0 Å². The van der Waals surface area contributed by atoms with Crippen molar-refractivity contribution in [3.8, 4) is 0 Å². The molecule has 1 saturated heterocycles. The maximum atomic E-state index is 12.8. The van der Waals surface area contributed by atoms with E-state index in [4.69, 9.17) is 0 Å². The molecule has 2 fully saturated rings. The zero-order valence-electron chi connectivity index (χ0n) is 12.6. The molecule has 114 valence electrons. The van der Waals surface area contributed by atoms with Gasteiger partial charge in [-0.2, -0.15) is 0 Å². The third-order valence-corrected chi connectivity index (χ3v) is 4.99. The zero-order chi connectivity index (χ0) is 14.9. The number of nitrogens with zero attached hydrogens (tertiary/aromatic N) is 3. The van der Waals surface area contributed by atoms with Crippen LogP contribution in [0.15, 0.2) is 49.1 Å². The Kier molecular flexibility index (Phi) is 3.45. The van der Waals surface area contributed by atoms with Gasteiger partial charge < -0.3 is 9.47 Å². The van der Waals surface area contributed by atoms with Gasteiger partial charge in [0, 0.05) is 31.4 Å². The molecule has 1 saturated carbocycles. The maximum absolute atomic E-state index is 12.8. The quantitative estimate of drug-likeness (QED) is 0.873. The van der Waals surface area contributed by atoms with E-state index in [0.29, 0.717) is 17.9 Å². The highest BCUT2D eigenvalue weighted by atomic mass is 16.2. The van der Waals surface area contributed by atoms with Crippen LogP contribution in [0.3, 0.4) is 0 Å². The summed E-state index contributed by atoms with van der Waals surface area (Å²) in [4.78, 5) is 19.0. The molecule has 4 nitrogen and oxygen atoms in total. The zero-order valence-corrected chi connectivity index (χ0v) is 12.6. The number of amides is 1. The number of benzene rings is 1. The molecule has 1 aromatic carbocycles. The van der Waals surface area contributed by atoms with Crippen LogP contribution in [-0.4, -0.2) is 33.4 Å². The molecule has 0 bridgehead atoms. The fourth-order valence-corrected chi connectivity index (χ4v) is 3.65. The van der Waals surface area contributed by atoms with Gasteiger partial charge in [0.2, 0.25) is 5.91 Å². The monoisotopic (exact) mass is 295 g/mol. The van der Waals surface area contributed by atoms with Crippen molar-refractivity contribution in [1.82, 2.24) is 14.5 Å². The van der Waals surface area contributed by atoms with E-state index in [0.717, 1.165) is 32.4 Å². The van der Waals surface area contributed by atoms with Gasteiger partial charge in [0.15, 0.2) is 0 Å². The molecule has 0 radical (unpaired) electrons. The lowest BCUT2D eigenvalue weighted by atomic mass is 10.0. The molecule has 4 heteroatoms. The molecule has 22 heavy (non-hydrogen) atoms. The number of hydrogen-bond acceptors (Lipinski definition) is 2. The van der Waals surface area contributed by atoms with E-state index in [-0.39, 0.29) is 5.92 Å². The lowest BCUT2D eigenvalue weighted by Gasteiger charge is -2.33. The Bertz CT molecular complexity index is 638. The summed E-state index contributed by atoms with van der Waals surface area (Å²) in [6.07, 6.45) is 8.90. The molecule has 0 N–H and O–H groups in total. The van der Waals surface area contributed by atoms with Crippen LogP contribution in [0, 0.1) is 5.92 Å². The number of piperidine rings is 1. The molecule has 3 atom stereocenters. The van der Waals surface area contributed by atoms with E-state index in [9.17, 15) is 4.79 Å². The van der Waals surface area contributed by atoms with Gasteiger partial charge in [-0.25, -0.2) is 4.98 Å². The standard InChI is InChI=1S/C18H21N3O/c22-18(17-11-16(17)14-5-2-1-3-6-14)20-9-4-7-15(12-20)21-10-8-19-13-21/h1-3,5-6,8,10,13,15-17H,4,7,9,11-12H2/t15-,16-,17+/m0/s1. The van der Waals surface area contributed by atoms with Crippen molar-refractivity contribution >= 4 is 5.91 Å². The Morgan fingerprint density at radius 3 is 2.86 bits per heavy atom. The number of carbonyl (C=O) groups is 1. The third kappa shape index (κ3) is 2.54. The van der Waals surface area contributed by atoms with Crippen molar-refractivity contribution in [2.45, 2.75) is 31.2 Å². The van der Waals surface area contributed by atoms with Crippen molar-refractivity contribution in [3.63, 3.8) is 0 Å². The molecule has 4 rings (SSSR count). The highest BCUT2D eigenvalue weighted by Gasteiger charge is 2.46. The van der Waals surface area contributed by atoms with Gasteiger partial charge in [-0.3, -0.25) is 4.79 Å². The number of carbonyl (C=O) groups excluding carboxylic acids is 1. The summed E-state index contributed by atoms with van der Waals surface area (Å²) >= 11 is 0. The largest absolute Gasteiger partial charge is 0.340 e. The molecular formula is C18H21N3O. The highest BCUT2D eigenvalue weighted by Crippen LogP contribution is 2.48. The lowest BCUT2D eigenvalue weighted by Crippen LogP contribution is -2.41. The van der Waals surface area contributed by atoms with Gasteiger partial charge in [0.25, 0.3) is 0 Å². The summed E-state index contributed by atoms with van der Waals surface area (Å²) in [6, 6.07) is 10.8. The molecular weight excluding hydrogens is 274 g/mol. The molecule has 1 aliphatic carbocycles. The molecule has 1 amide bonds. The Balaban J connectivity index is 1.41. The number of aromatic nitrogens is 2. The molecule has 0 spiro atoms. The van der Waals surface area contributed by atoms with Crippen molar-refractivity contribution < 1.29 is 4.79 Å². The summed E-state index contributed by atoms with van der Waals surface area (Å²) in [6.45, 7) is 1.73. The fraction of sp³-hybridized carbons (Fsp3) is 0.444. The number of rotatable bonds is 3. The van der Waals surface area contributed by atoms with Crippen LogP contribution in [0.4, 0.5) is 0 Å². The first-order chi connectivity index (χ1) is 10.8. The Morgan fingerprint density at radius 1 is 1.23 bits per heavy atom. The van der Waals surface area contributed by atoms with Gasteiger partial charge in [-0.15, -0.1) is 0 Å². The minimum atomic E-state index is 0.198. The number of hydrogen-bond donors (Lipinski definition) is 0. The summed E-state index contributed by atoms with van der Waals surface area (Å²) in [5.74, 6) is 0.977. The molecule has 0 unspecified atom stereocenters. The second kappa shape index (κ2) is 5.59. The first-order valence-corrected chi connectivity index (χ1v) is 8.14. The molecule has 2 heterocycles. The van der Waals surface area contributed by atoms with Crippen LogP contribution < -0.4 is 0 Å². The summed E-state index contributed by atoms with van der Waals surface area (Å²) < 4.78 is 2.14. The van der Waals surface area contributed by atoms with Crippen molar-refractivity contribution in [3.05, 3.63) is 54.6 Å². The SMILES string of the molecule is O=C([C@@H]1C[C@H]1c1ccccc1)N1CCC[C@H](n2ccnc2)C1. The van der Waals surface area contributed by atoms with Crippen LogP contribution in [0.2, 0.25) is 0 Å². The van der Waals surface area contributed by atoms with Crippen molar-refractivity contribution in [2.75, 3.05) is 13.1 Å². The maximum Gasteiger partial charge on any atom is 0.226 e.